The van der Waals surface area contributed by atoms with Gasteiger partial charge in [-0.1, -0.05) is 57.6 Å². The zero-order valence-electron chi connectivity index (χ0n) is 14.7. The molecule has 0 radical (unpaired) electrons. The third kappa shape index (κ3) is 20.8. The molecular weight excluding hydrogens is 303 g/mol. The van der Waals surface area contributed by atoms with Crippen LogP contribution >= 0.6 is 0 Å². The number of unbranched alkanes of at least 4 members (excludes halogenated alkanes) is 7. The predicted molar refractivity (Wildman–Crippen MR) is 85.8 cm³/mol. The summed E-state index contributed by atoms with van der Waals surface area (Å²) in [6.07, 6.45) is 17.3. The quantitative estimate of drug-likeness (QED) is 0.273. The summed E-state index contributed by atoms with van der Waals surface area (Å²) in [6, 6.07) is 0. The molecule has 0 saturated carbocycles. The van der Waals surface area contributed by atoms with Crippen molar-refractivity contribution in [3.05, 3.63) is 12.2 Å². The smallest absolute Gasteiger partial charge is 0.550 e. The van der Waals surface area contributed by atoms with Crippen molar-refractivity contribution in [3.8, 4) is 0 Å². The standard InChI is InChI=1S/C18H34O3.K/c1-2-14-17(19)15-12-10-8-6-4-3-5-7-9-11-13-16-18(20)21;/h8,10,17,19H,2-7,9,11-16H2,1H3,(H,20,21);/q;+1/p-1/b10-8+;. The van der Waals surface area contributed by atoms with Crippen LogP contribution < -0.4 is 56.5 Å². The Labute approximate surface area is 179 Å². The second-order valence-corrected chi connectivity index (χ2v) is 5.88. The number of allylic oxidation sites excluding steroid dienone is 2. The van der Waals surface area contributed by atoms with Crippen LogP contribution in [0, 0.1) is 0 Å². The van der Waals surface area contributed by atoms with Crippen LogP contribution in [0.5, 0.6) is 0 Å². The summed E-state index contributed by atoms with van der Waals surface area (Å²) in [5.41, 5.74) is 0. The van der Waals surface area contributed by atoms with E-state index in [9.17, 15) is 15.0 Å². The summed E-state index contributed by atoms with van der Waals surface area (Å²) in [4.78, 5) is 10.2. The van der Waals surface area contributed by atoms with Crippen LogP contribution in [0.2, 0.25) is 0 Å². The van der Waals surface area contributed by atoms with Crippen molar-refractivity contribution >= 4 is 5.97 Å². The molecule has 1 atom stereocenters. The molecule has 1 N–H and O–H groups in total. The van der Waals surface area contributed by atoms with Gasteiger partial charge in [-0.3, -0.25) is 0 Å². The van der Waals surface area contributed by atoms with Gasteiger partial charge in [0.15, 0.2) is 0 Å². The van der Waals surface area contributed by atoms with Gasteiger partial charge in [-0.25, -0.2) is 0 Å². The number of carboxylic acids is 1. The number of carbonyl (C=O) groups is 1. The molecule has 0 aliphatic carbocycles. The van der Waals surface area contributed by atoms with Crippen LogP contribution in [0.1, 0.15) is 90.4 Å². The minimum absolute atomic E-state index is 0. The number of aliphatic hydroxyl groups excluding tert-OH is 1. The van der Waals surface area contributed by atoms with E-state index < -0.39 is 5.97 Å². The molecule has 0 heterocycles. The van der Waals surface area contributed by atoms with Gasteiger partial charge < -0.3 is 15.0 Å². The summed E-state index contributed by atoms with van der Waals surface area (Å²) in [7, 11) is 0. The van der Waals surface area contributed by atoms with Crippen molar-refractivity contribution in [2.45, 2.75) is 96.5 Å². The maximum atomic E-state index is 10.2. The van der Waals surface area contributed by atoms with E-state index in [0.717, 1.165) is 51.4 Å². The summed E-state index contributed by atoms with van der Waals surface area (Å²) < 4.78 is 0. The van der Waals surface area contributed by atoms with Crippen molar-refractivity contribution in [1.82, 2.24) is 0 Å². The molecule has 1 unspecified atom stereocenters. The second kappa shape index (κ2) is 19.9. The average Bonchev–Trinajstić information content (AvgIpc) is 2.44. The Bertz CT molecular complexity index is 267. The van der Waals surface area contributed by atoms with E-state index in [4.69, 9.17) is 0 Å². The number of hydrogen-bond donors (Lipinski definition) is 1. The van der Waals surface area contributed by atoms with Crippen molar-refractivity contribution in [2.75, 3.05) is 0 Å². The molecule has 4 heteroatoms. The monoisotopic (exact) mass is 336 g/mol. The number of hydrogen-bond acceptors (Lipinski definition) is 3. The van der Waals surface area contributed by atoms with Gasteiger partial charge in [0, 0.05) is 5.97 Å². The first-order valence-electron chi connectivity index (χ1n) is 8.69. The fourth-order valence-corrected chi connectivity index (χ4v) is 2.42. The van der Waals surface area contributed by atoms with Gasteiger partial charge in [-0.2, -0.15) is 0 Å². The van der Waals surface area contributed by atoms with Crippen molar-refractivity contribution < 1.29 is 66.4 Å². The summed E-state index contributed by atoms with van der Waals surface area (Å²) in [6.45, 7) is 2.10. The first-order valence-corrected chi connectivity index (χ1v) is 8.69. The SMILES string of the molecule is CCCC(O)CC/C=C/CCCCCCCCCC(=O)[O-].[K+]. The largest absolute Gasteiger partial charge is 1.00 e. The minimum atomic E-state index is -0.927. The zero-order valence-corrected chi connectivity index (χ0v) is 17.8. The molecule has 0 aromatic rings. The number of aliphatic carboxylic acids is 1. The van der Waals surface area contributed by atoms with Crippen LogP contribution in [0.25, 0.3) is 0 Å². The van der Waals surface area contributed by atoms with Crippen LogP contribution in [-0.2, 0) is 4.79 Å². The van der Waals surface area contributed by atoms with E-state index in [1.54, 1.807) is 0 Å². The zero-order chi connectivity index (χ0) is 15.8. The summed E-state index contributed by atoms with van der Waals surface area (Å²) in [5, 5.41) is 19.8. The van der Waals surface area contributed by atoms with Crippen molar-refractivity contribution in [3.63, 3.8) is 0 Å². The average molecular weight is 337 g/mol. The first kappa shape index (κ1) is 25.1. The maximum absolute atomic E-state index is 10.2. The molecule has 0 aliphatic heterocycles. The molecule has 0 fully saturated rings. The molecule has 3 nitrogen and oxygen atoms in total. The molecule has 22 heavy (non-hydrogen) atoms. The van der Waals surface area contributed by atoms with Crippen molar-refractivity contribution in [1.29, 1.82) is 0 Å². The minimum Gasteiger partial charge on any atom is -0.550 e. The second-order valence-electron chi connectivity index (χ2n) is 5.88. The molecule has 0 amide bonds. The maximum Gasteiger partial charge on any atom is 1.00 e. The first-order chi connectivity index (χ1) is 10.2. The van der Waals surface area contributed by atoms with Gasteiger partial charge in [0.1, 0.15) is 0 Å². The normalized spacial score (nSPS) is 12.3. The summed E-state index contributed by atoms with van der Waals surface area (Å²) in [5.74, 6) is -0.927. The Morgan fingerprint density at radius 3 is 2.09 bits per heavy atom. The van der Waals surface area contributed by atoms with Gasteiger partial charge in [-0.05, 0) is 44.9 Å². The van der Waals surface area contributed by atoms with E-state index >= 15 is 0 Å². The number of carbonyl (C=O) groups excluding carboxylic acids is 1. The predicted octanol–water partition coefficient (Wildman–Crippen LogP) is 0.749. The van der Waals surface area contributed by atoms with Crippen LogP contribution in [-0.4, -0.2) is 17.2 Å². The summed E-state index contributed by atoms with van der Waals surface area (Å²) >= 11 is 0. The third-order valence-corrected chi connectivity index (χ3v) is 3.71. The molecule has 0 aliphatic rings. The third-order valence-electron chi connectivity index (χ3n) is 3.71. The number of carboxylic acid groups (broad SMARTS) is 1. The fourth-order valence-electron chi connectivity index (χ4n) is 2.42. The van der Waals surface area contributed by atoms with E-state index in [0.29, 0.717) is 0 Å². The Morgan fingerprint density at radius 1 is 0.955 bits per heavy atom. The van der Waals surface area contributed by atoms with Crippen LogP contribution in [0.3, 0.4) is 0 Å². The molecule has 0 bridgehead atoms. The van der Waals surface area contributed by atoms with E-state index in [-0.39, 0.29) is 63.9 Å². The number of aliphatic hydroxyl groups is 1. The molecule has 0 saturated heterocycles. The van der Waals surface area contributed by atoms with E-state index in [1.807, 2.05) is 0 Å². The van der Waals surface area contributed by atoms with Gasteiger partial charge in [0.05, 0.1) is 6.10 Å². The van der Waals surface area contributed by atoms with Crippen LogP contribution in [0.4, 0.5) is 0 Å². The molecule has 124 valence electrons. The molecular formula is C18H33KO3. The Morgan fingerprint density at radius 2 is 1.50 bits per heavy atom. The van der Waals surface area contributed by atoms with Gasteiger partial charge in [-0.15, -0.1) is 0 Å². The Balaban J connectivity index is 0. The fraction of sp³-hybridized carbons (Fsp3) is 0.833. The molecule has 0 aromatic carbocycles. The van der Waals surface area contributed by atoms with E-state index in [1.165, 1.54) is 25.7 Å². The van der Waals surface area contributed by atoms with Gasteiger partial charge in [0.2, 0.25) is 0 Å². The molecule has 0 aromatic heterocycles. The Kier molecular flexibility index (Phi) is 22.6. The number of rotatable bonds is 15. The topological polar surface area (TPSA) is 60.4 Å². The van der Waals surface area contributed by atoms with Gasteiger partial charge in [0.25, 0.3) is 0 Å². The Hall–Kier alpha value is 0.806. The van der Waals surface area contributed by atoms with Crippen molar-refractivity contribution in [2.24, 2.45) is 0 Å². The molecule has 0 rings (SSSR count). The van der Waals surface area contributed by atoms with Crippen LogP contribution in [0.15, 0.2) is 12.2 Å². The van der Waals surface area contributed by atoms with E-state index in [2.05, 4.69) is 19.1 Å². The molecule has 0 spiro atoms. The van der Waals surface area contributed by atoms with Gasteiger partial charge >= 0.3 is 51.4 Å².